The number of hydrogen-bond donors (Lipinski definition) is 1. The average molecular weight is 419 g/mol. The number of aryl methyl sites for hydroxylation is 1. The molecule has 1 aromatic heterocycles. The number of aromatic nitrogens is 2. The van der Waals surface area contributed by atoms with Crippen molar-refractivity contribution in [2.24, 2.45) is 0 Å². The van der Waals surface area contributed by atoms with Crippen LogP contribution in [0.1, 0.15) is 30.5 Å². The third kappa shape index (κ3) is 4.71. The molecule has 2 aromatic carbocycles. The zero-order chi connectivity index (χ0) is 21.2. The van der Waals surface area contributed by atoms with Crippen molar-refractivity contribution in [3.63, 3.8) is 0 Å². The van der Waals surface area contributed by atoms with Gasteiger partial charge in [0.25, 0.3) is 5.92 Å². The van der Waals surface area contributed by atoms with Gasteiger partial charge < -0.3 is 4.57 Å². The molecule has 0 atom stereocenters. The summed E-state index contributed by atoms with van der Waals surface area (Å²) in [5.74, 6) is -2.93. The number of rotatable bonds is 7. The largest absolute Gasteiger partial charge is 0.337 e. The van der Waals surface area contributed by atoms with E-state index in [4.69, 9.17) is 0 Å². The van der Waals surface area contributed by atoms with Crippen LogP contribution in [-0.2, 0) is 28.9 Å². The molecular weight excluding hydrogens is 396 g/mol. The highest BCUT2D eigenvalue weighted by molar-refractivity contribution is 7.89. The average Bonchev–Trinajstić information content (AvgIpc) is 3.17. The molecule has 29 heavy (non-hydrogen) atoms. The van der Waals surface area contributed by atoms with Crippen molar-refractivity contribution in [3.8, 4) is 11.3 Å². The molecule has 0 radical (unpaired) electrons. The Morgan fingerprint density at radius 3 is 2.55 bits per heavy atom. The first-order valence-electron chi connectivity index (χ1n) is 9.20. The van der Waals surface area contributed by atoms with Crippen LogP contribution >= 0.6 is 0 Å². The number of hydrogen-bond acceptors (Lipinski definition) is 3. The second-order valence-corrected chi connectivity index (χ2v) is 8.77. The Morgan fingerprint density at radius 1 is 1.17 bits per heavy atom. The standard InChI is InChI=1S/C21H23F2N3O2S/c1-4-26-13-20(25-14-26)19-12-18(29(27,28)24-3)9-8-16(19)10-15-6-5-7-17(11-15)21(2,22)23/h5-9,11-14,24H,4,10H2,1-3H3. The van der Waals surface area contributed by atoms with Gasteiger partial charge in [0.1, 0.15) is 0 Å². The van der Waals surface area contributed by atoms with Gasteiger partial charge in [0, 0.05) is 30.8 Å². The molecule has 0 aliphatic rings. The smallest absolute Gasteiger partial charge is 0.270 e. The highest BCUT2D eigenvalue weighted by Gasteiger charge is 2.24. The Hall–Kier alpha value is -2.58. The van der Waals surface area contributed by atoms with E-state index in [2.05, 4.69) is 9.71 Å². The lowest BCUT2D eigenvalue weighted by Crippen LogP contribution is -2.18. The molecule has 0 amide bonds. The van der Waals surface area contributed by atoms with Gasteiger partial charge in [-0.3, -0.25) is 0 Å². The van der Waals surface area contributed by atoms with E-state index >= 15 is 0 Å². The first-order valence-corrected chi connectivity index (χ1v) is 10.7. The molecule has 0 bridgehead atoms. The quantitative estimate of drug-likeness (QED) is 0.625. The summed E-state index contributed by atoms with van der Waals surface area (Å²) in [5, 5.41) is 0. The SMILES string of the molecule is CCn1cnc(-c2cc(S(=O)(=O)NC)ccc2Cc2cccc(C(C)(F)F)c2)c1. The lowest BCUT2D eigenvalue weighted by atomic mass is 9.96. The number of alkyl halides is 2. The van der Waals surface area contributed by atoms with Gasteiger partial charge in [-0.2, -0.15) is 0 Å². The van der Waals surface area contributed by atoms with E-state index in [0.29, 0.717) is 23.2 Å². The number of benzene rings is 2. The van der Waals surface area contributed by atoms with Gasteiger partial charge in [-0.05, 0) is 49.7 Å². The zero-order valence-electron chi connectivity index (χ0n) is 16.5. The van der Waals surface area contributed by atoms with Crippen LogP contribution in [0.5, 0.6) is 0 Å². The maximum absolute atomic E-state index is 13.7. The predicted octanol–water partition coefficient (Wildman–Crippen LogP) is 4.18. The molecular formula is C21H23F2N3O2S. The Kier molecular flexibility index (Phi) is 5.86. The number of halogens is 2. The van der Waals surface area contributed by atoms with Crippen LogP contribution in [0.4, 0.5) is 8.78 Å². The minimum absolute atomic E-state index is 0.0545. The summed E-state index contributed by atoms with van der Waals surface area (Å²) in [4.78, 5) is 4.52. The van der Waals surface area contributed by atoms with E-state index in [1.54, 1.807) is 30.6 Å². The van der Waals surface area contributed by atoms with Crippen molar-refractivity contribution in [2.45, 2.75) is 37.6 Å². The summed E-state index contributed by atoms with van der Waals surface area (Å²) >= 11 is 0. The van der Waals surface area contributed by atoms with Crippen molar-refractivity contribution in [3.05, 3.63) is 71.7 Å². The van der Waals surface area contributed by atoms with Crippen LogP contribution in [-0.4, -0.2) is 25.0 Å². The molecule has 0 aliphatic heterocycles. The van der Waals surface area contributed by atoms with Crippen LogP contribution in [0.15, 0.2) is 59.9 Å². The number of imidazole rings is 1. The molecule has 1 N–H and O–H groups in total. The van der Waals surface area contributed by atoms with Crippen LogP contribution < -0.4 is 4.72 Å². The lowest BCUT2D eigenvalue weighted by Gasteiger charge is -2.14. The van der Waals surface area contributed by atoms with E-state index in [-0.39, 0.29) is 10.5 Å². The molecule has 1 heterocycles. The molecule has 8 heteroatoms. The first-order chi connectivity index (χ1) is 13.6. The minimum atomic E-state index is -3.63. The summed E-state index contributed by atoms with van der Waals surface area (Å²) < 4.78 is 56.1. The van der Waals surface area contributed by atoms with Crippen molar-refractivity contribution >= 4 is 10.0 Å². The van der Waals surface area contributed by atoms with E-state index in [0.717, 1.165) is 19.0 Å². The van der Waals surface area contributed by atoms with Gasteiger partial charge in [-0.25, -0.2) is 26.9 Å². The predicted molar refractivity (Wildman–Crippen MR) is 108 cm³/mol. The summed E-state index contributed by atoms with van der Waals surface area (Å²) in [5.41, 5.74) is 2.75. The highest BCUT2D eigenvalue weighted by Crippen LogP contribution is 2.30. The van der Waals surface area contributed by atoms with Crippen molar-refractivity contribution in [1.82, 2.24) is 14.3 Å². The van der Waals surface area contributed by atoms with E-state index in [9.17, 15) is 17.2 Å². The second kappa shape index (κ2) is 8.04. The third-order valence-electron chi connectivity index (χ3n) is 4.76. The second-order valence-electron chi connectivity index (χ2n) is 6.88. The Morgan fingerprint density at radius 2 is 1.93 bits per heavy atom. The van der Waals surface area contributed by atoms with E-state index < -0.39 is 15.9 Å². The molecule has 3 aromatic rings. The maximum Gasteiger partial charge on any atom is 0.270 e. The van der Waals surface area contributed by atoms with Crippen molar-refractivity contribution < 1.29 is 17.2 Å². The van der Waals surface area contributed by atoms with Gasteiger partial charge in [0.2, 0.25) is 10.0 Å². The number of nitrogens with one attached hydrogen (secondary N) is 1. The fraction of sp³-hybridized carbons (Fsp3) is 0.286. The van der Waals surface area contributed by atoms with Gasteiger partial charge in [0.05, 0.1) is 16.9 Å². The highest BCUT2D eigenvalue weighted by atomic mass is 32.2. The molecule has 0 spiro atoms. The topological polar surface area (TPSA) is 64.0 Å². The minimum Gasteiger partial charge on any atom is -0.337 e. The fourth-order valence-electron chi connectivity index (χ4n) is 3.08. The summed E-state index contributed by atoms with van der Waals surface area (Å²) in [7, 11) is -2.27. The van der Waals surface area contributed by atoms with E-state index in [1.807, 2.05) is 17.7 Å². The number of nitrogens with zero attached hydrogens (tertiary/aromatic N) is 2. The Bertz CT molecular complexity index is 1120. The summed E-state index contributed by atoms with van der Waals surface area (Å²) in [6.07, 6.45) is 3.89. The molecule has 0 saturated carbocycles. The van der Waals surface area contributed by atoms with Gasteiger partial charge in [-0.1, -0.05) is 24.3 Å². The first kappa shape index (κ1) is 21.1. The molecule has 0 aliphatic carbocycles. The van der Waals surface area contributed by atoms with Crippen LogP contribution in [0.2, 0.25) is 0 Å². The van der Waals surface area contributed by atoms with Gasteiger partial charge >= 0.3 is 0 Å². The maximum atomic E-state index is 13.7. The molecule has 3 rings (SSSR count). The van der Waals surface area contributed by atoms with Crippen LogP contribution in [0.25, 0.3) is 11.3 Å². The number of sulfonamides is 1. The zero-order valence-corrected chi connectivity index (χ0v) is 17.3. The van der Waals surface area contributed by atoms with Crippen molar-refractivity contribution in [1.29, 1.82) is 0 Å². The summed E-state index contributed by atoms with van der Waals surface area (Å²) in [6, 6.07) is 11.1. The molecule has 0 saturated heterocycles. The van der Waals surface area contributed by atoms with Crippen molar-refractivity contribution in [2.75, 3.05) is 7.05 Å². The Balaban J connectivity index is 2.08. The Labute approximate surface area is 169 Å². The third-order valence-corrected chi connectivity index (χ3v) is 6.18. The van der Waals surface area contributed by atoms with E-state index in [1.165, 1.54) is 25.2 Å². The van der Waals surface area contributed by atoms with Crippen LogP contribution in [0.3, 0.4) is 0 Å². The normalized spacial score (nSPS) is 12.3. The lowest BCUT2D eigenvalue weighted by molar-refractivity contribution is 0.0174. The molecule has 5 nitrogen and oxygen atoms in total. The fourth-order valence-corrected chi connectivity index (χ4v) is 3.84. The molecule has 0 unspecified atom stereocenters. The molecule has 154 valence electrons. The van der Waals surface area contributed by atoms with Gasteiger partial charge in [0.15, 0.2) is 0 Å². The van der Waals surface area contributed by atoms with Gasteiger partial charge in [-0.15, -0.1) is 0 Å². The monoisotopic (exact) mass is 419 g/mol. The molecule has 0 fully saturated rings. The summed E-state index contributed by atoms with van der Waals surface area (Å²) in [6.45, 7) is 3.57. The van der Waals surface area contributed by atoms with Crippen LogP contribution in [0, 0.1) is 0 Å².